The van der Waals surface area contributed by atoms with Crippen molar-refractivity contribution in [1.29, 1.82) is 0 Å². The smallest absolute Gasteiger partial charge is 0.328 e. The second kappa shape index (κ2) is 4.14. The minimum absolute atomic E-state index is 0.552. The van der Waals surface area contributed by atoms with Gasteiger partial charge in [-0.05, 0) is 30.5 Å². The summed E-state index contributed by atoms with van der Waals surface area (Å²) in [6.45, 7) is 0. The number of aliphatic imine (C=N–C) groups is 1. The van der Waals surface area contributed by atoms with Crippen LogP contribution in [0.5, 0.6) is 0 Å². The van der Waals surface area contributed by atoms with Gasteiger partial charge in [-0.15, -0.1) is 0 Å². The van der Waals surface area contributed by atoms with Gasteiger partial charge in [0.1, 0.15) is 6.04 Å². The minimum atomic E-state index is -0.831. The van der Waals surface area contributed by atoms with Gasteiger partial charge in [0.15, 0.2) is 0 Å². The van der Waals surface area contributed by atoms with Crippen molar-refractivity contribution in [2.45, 2.75) is 18.9 Å². The van der Waals surface area contributed by atoms with E-state index in [4.69, 9.17) is 5.11 Å². The third kappa shape index (κ3) is 2.26. The minimum Gasteiger partial charge on any atom is -0.480 e. The van der Waals surface area contributed by atoms with Crippen LogP contribution in [-0.4, -0.2) is 22.8 Å². The van der Waals surface area contributed by atoms with E-state index in [9.17, 15) is 4.79 Å². The summed E-state index contributed by atoms with van der Waals surface area (Å²) in [5.74, 6) is -0.831. The van der Waals surface area contributed by atoms with Crippen LogP contribution < -0.4 is 0 Å². The van der Waals surface area contributed by atoms with E-state index in [2.05, 4.69) is 20.9 Å². The number of carboxylic acids is 1. The molecule has 1 aromatic rings. The first-order chi connectivity index (χ1) is 7.16. The van der Waals surface area contributed by atoms with E-state index >= 15 is 0 Å². The van der Waals surface area contributed by atoms with Gasteiger partial charge in [-0.3, -0.25) is 4.99 Å². The zero-order chi connectivity index (χ0) is 10.8. The van der Waals surface area contributed by atoms with Crippen molar-refractivity contribution in [3.63, 3.8) is 0 Å². The Morgan fingerprint density at radius 1 is 1.40 bits per heavy atom. The molecule has 2 rings (SSSR count). The predicted octanol–water partition coefficient (Wildman–Crippen LogP) is 2.49. The third-order valence-electron chi connectivity index (χ3n) is 2.43. The molecule has 0 aliphatic carbocycles. The summed E-state index contributed by atoms with van der Waals surface area (Å²) in [6, 6.07) is 7.22. The van der Waals surface area contributed by atoms with Crippen LogP contribution in [0.3, 0.4) is 0 Å². The highest BCUT2D eigenvalue weighted by molar-refractivity contribution is 9.10. The lowest BCUT2D eigenvalue weighted by atomic mass is 10.1. The normalized spacial score (nSPS) is 20.1. The van der Waals surface area contributed by atoms with Crippen molar-refractivity contribution in [2.24, 2.45) is 4.99 Å². The second-order valence-corrected chi connectivity index (χ2v) is 4.39. The average Bonchev–Trinajstić information content (AvgIpc) is 2.68. The standard InChI is InChI=1S/C11H10BrNO2/c12-8-3-1-7(2-4-8)9-5-6-10(13-9)11(14)15/h1-4,10H,5-6H2,(H,14,15). The number of nitrogens with zero attached hydrogens (tertiary/aromatic N) is 1. The Hall–Kier alpha value is -1.16. The predicted molar refractivity (Wildman–Crippen MR) is 61.3 cm³/mol. The van der Waals surface area contributed by atoms with Gasteiger partial charge in [-0.2, -0.15) is 0 Å². The summed E-state index contributed by atoms with van der Waals surface area (Å²) >= 11 is 3.36. The molecule has 0 saturated heterocycles. The molecule has 1 unspecified atom stereocenters. The van der Waals surface area contributed by atoms with Crippen molar-refractivity contribution >= 4 is 27.6 Å². The molecule has 1 aliphatic heterocycles. The van der Waals surface area contributed by atoms with E-state index in [1.807, 2.05) is 24.3 Å². The molecule has 0 aromatic heterocycles. The van der Waals surface area contributed by atoms with Crippen LogP contribution in [0.4, 0.5) is 0 Å². The maximum Gasteiger partial charge on any atom is 0.328 e. The molecule has 0 amide bonds. The number of halogens is 1. The van der Waals surface area contributed by atoms with Crippen molar-refractivity contribution in [3.05, 3.63) is 34.3 Å². The lowest BCUT2D eigenvalue weighted by molar-refractivity contribution is -0.138. The summed E-state index contributed by atoms with van der Waals surface area (Å²) in [4.78, 5) is 14.9. The van der Waals surface area contributed by atoms with Gasteiger partial charge in [0.2, 0.25) is 0 Å². The Bertz CT molecular complexity index is 411. The van der Waals surface area contributed by atoms with Gasteiger partial charge in [-0.1, -0.05) is 28.1 Å². The summed E-state index contributed by atoms with van der Waals surface area (Å²) in [7, 11) is 0. The zero-order valence-corrected chi connectivity index (χ0v) is 9.57. The lowest BCUT2D eigenvalue weighted by Gasteiger charge is -1.99. The molecule has 1 aliphatic rings. The van der Waals surface area contributed by atoms with Crippen LogP contribution in [0.2, 0.25) is 0 Å². The summed E-state index contributed by atoms with van der Waals surface area (Å²) in [5, 5.41) is 8.81. The van der Waals surface area contributed by atoms with Gasteiger partial charge in [0.25, 0.3) is 0 Å². The largest absolute Gasteiger partial charge is 0.480 e. The molecule has 1 N–H and O–H groups in total. The Morgan fingerprint density at radius 3 is 2.60 bits per heavy atom. The molecule has 78 valence electrons. The Labute approximate surface area is 96.0 Å². The van der Waals surface area contributed by atoms with E-state index in [-0.39, 0.29) is 0 Å². The maximum atomic E-state index is 10.7. The first-order valence-electron chi connectivity index (χ1n) is 4.72. The van der Waals surface area contributed by atoms with Crippen molar-refractivity contribution < 1.29 is 9.90 Å². The zero-order valence-electron chi connectivity index (χ0n) is 7.98. The number of hydrogen-bond acceptors (Lipinski definition) is 2. The third-order valence-corrected chi connectivity index (χ3v) is 2.96. The molecular formula is C11H10BrNO2. The highest BCUT2D eigenvalue weighted by Gasteiger charge is 2.23. The highest BCUT2D eigenvalue weighted by atomic mass is 79.9. The molecular weight excluding hydrogens is 258 g/mol. The monoisotopic (exact) mass is 267 g/mol. The fourth-order valence-electron chi connectivity index (χ4n) is 1.63. The molecule has 0 spiro atoms. The van der Waals surface area contributed by atoms with E-state index < -0.39 is 12.0 Å². The molecule has 0 saturated carbocycles. The van der Waals surface area contributed by atoms with Crippen molar-refractivity contribution in [1.82, 2.24) is 0 Å². The number of hydrogen-bond donors (Lipinski definition) is 1. The van der Waals surface area contributed by atoms with E-state index in [0.29, 0.717) is 6.42 Å². The number of rotatable bonds is 2. The molecule has 15 heavy (non-hydrogen) atoms. The van der Waals surface area contributed by atoms with Gasteiger partial charge in [0.05, 0.1) is 0 Å². The molecule has 0 fully saturated rings. The van der Waals surface area contributed by atoms with Gasteiger partial charge < -0.3 is 5.11 Å². The maximum absolute atomic E-state index is 10.7. The fraction of sp³-hybridized carbons (Fsp3) is 0.273. The highest BCUT2D eigenvalue weighted by Crippen LogP contribution is 2.20. The summed E-state index contributed by atoms with van der Waals surface area (Å²) in [5.41, 5.74) is 1.91. The van der Waals surface area contributed by atoms with Crippen LogP contribution in [0.25, 0.3) is 0 Å². The van der Waals surface area contributed by atoms with E-state index in [0.717, 1.165) is 22.2 Å². The molecule has 0 radical (unpaired) electrons. The Kier molecular flexibility index (Phi) is 2.86. The van der Waals surface area contributed by atoms with Gasteiger partial charge >= 0.3 is 5.97 Å². The van der Waals surface area contributed by atoms with Gasteiger partial charge in [-0.25, -0.2) is 4.79 Å². The lowest BCUT2D eigenvalue weighted by Crippen LogP contribution is -2.13. The van der Waals surface area contributed by atoms with E-state index in [1.165, 1.54) is 0 Å². The molecule has 4 heteroatoms. The molecule has 0 bridgehead atoms. The average molecular weight is 268 g/mol. The quantitative estimate of drug-likeness (QED) is 0.895. The summed E-state index contributed by atoms with van der Waals surface area (Å²) < 4.78 is 1.01. The Morgan fingerprint density at radius 2 is 2.07 bits per heavy atom. The van der Waals surface area contributed by atoms with Crippen molar-refractivity contribution in [3.8, 4) is 0 Å². The fourth-order valence-corrected chi connectivity index (χ4v) is 1.89. The van der Waals surface area contributed by atoms with Crippen LogP contribution in [0.1, 0.15) is 18.4 Å². The van der Waals surface area contributed by atoms with Crippen LogP contribution in [-0.2, 0) is 4.79 Å². The molecule has 1 atom stereocenters. The second-order valence-electron chi connectivity index (χ2n) is 3.48. The molecule has 1 heterocycles. The van der Waals surface area contributed by atoms with Crippen LogP contribution in [0.15, 0.2) is 33.7 Å². The topological polar surface area (TPSA) is 49.7 Å². The van der Waals surface area contributed by atoms with Crippen molar-refractivity contribution in [2.75, 3.05) is 0 Å². The summed E-state index contributed by atoms with van der Waals surface area (Å²) in [6.07, 6.45) is 1.36. The van der Waals surface area contributed by atoms with Crippen LogP contribution in [0, 0.1) is 0 Å². The molecule has 3 nitrogen and oxygen atoms in total. The Balaban J connectivity index is 2.22. The van der Waals surface area contributed by atoms with E-state index in [1.54, 1.807) is 0 Å². The number of carboxylic acid groups (broad SMARTS) is 1. The number of benzene rings is 1. The first-order valence-corrected chi connectivity index (χ1v) is 5.51. The SMILES string of the molecule is O=C(O)C1CCC(c2ccc(Br)cc2)=N1. The number of aliphatic carboxylic acids is 1. The van der Waals surface area contributed by atoms with Gasteiger partial charge in [0, 0.05) is 10.2 Å². The first kappa shape index (κ1) is 10.4. The number of carbonyl (C=O) groups is 1. The molecule has 1 aromatic carbocycles. The van der Waals surface area contributed by atoms with Crippen LogP contribution >= 0.6 is 15.9 Å².